The van der Waals surface area contributed by atoms with Gasteiger partial charge in [0.1, 0.15) is 0 Å². The largest absolute Gasteiger partial charge is 0.383 e. The molecule has 1 heterocycles. The molecule has 0 aliphatic rings. The molecule has 0 spiro atoms. The molecule has 0 radical (unpaired) electrons. The van der Waals surface area contributed by atoms with Gasteiger partial charge in [-0.05, 0) is 12.8 Å². The highest BCUT2D eigenvalue weighted by Gasteiger charge is 2.10. The molecule has 0 aliphatic carbocycles. The van der Waals surface area contributed by atoms with Gasteiger partial charge < -0.3 is 15.0 Å². The van der Waals surface area contributed by atoms with Crippen molar-refractivity contribution in [3.63, 3.8) is 0 Å². The predicted molar refractivity (Wildman–Crippen MR) is 87.7 cm³/mol. The smallest absolute Gasteiger partial charge is 0.185 e. The molecule has 1 rings (SSSR count). The van der Waals surface area contributed by atoms with Crippen LogP contribution in [0.1, 0.15) is 44.4 Å². The van der Waals surface area contributed by atoms with E-state index in [0.29, 0.717) is 0 Å². The topological polar surface area (TPSA) is 37.4 Å². The Balaban J connectivity index is 2.46. The van der Waals surface area contributed by atoms with Crippen molar-refractivity contribution in [3.8, 4) is 0 Å². The normalized spacial score (nSPS) is 10.9. The van der Waals surface area contributed by atoms with Gasteiger partial charge in [0.15, 0.2) is 5.13 Å². The van der Waals surface area contributed by atoms with E-state index in [1.165, 1.54) is 35.7 Å². The van der Waals surface area contributed by atoms with Crippen molar-refractivity contribution < 1.29 is 4.74 Å². The van der Waals surface area contributed by atoms with Gasteiger partial charge in [-0.25, -0.2) is 4.98 Å². The number of ether oxygens (including phenoxy) is 1. The summed E-state index contributed by atoms with van der Waals surface area (Å²) in [5, 5.41) is 4.54. The van der Waals surface area contributed by atoms with Crippen LogP contribution in [-0.4, -0.2) is 38.3 Å². The van der Waals surface area contributed by atoms with Gasteiger partial charge in [0.2, 0.25) is 0 Å². The first kappa shape index (κ1) is 17.4. The molecule has 1 N–H and O–H groups in total. The summed E-state index contributed by atoms with van der Waals surface area (Å²) in [6.45, 7) is 9.26. The van der Waals surface area contributed by atoms with E-state index in [1.807, 2.05) is 17.5 Å². The van der Waals surface area contributed by atoms with E-state index in [-0.39, 0.29) is 0 Å². The van der Waals surface area contributed by atoms with E-state index in [2.05, 4.69) is 29.0 Å². The number of unbranched alkanes of at least 4 members (excludes halogenated alkanes) is 2. The number of hydrogen-bond acceptors (Lipinski definition) is 5. The van der Waals surface area contributed by atoms with E-state index in [1.54, 1.807) is 7.11 Å². The van der Waals surface area contributed by atoms with E-state index < -0.39 is 0 Å². The summed E-state index contributed by atoms with van der Waals surface area (Å²) in [5.41, 5.74) is 0. The minimum atomic E-state index is 0.755. The summed E-state index contributed by atoms with van der Waals surface area (Å²) in [6.07, 6.45) is 6.96. The Morgan fingerprint density at radius 1 is 1.25 bits per heavy atom. The summed E-state index contributed by atoms with van der Waals surface area (Å²) < 4.78 is 5.03. The van der Waals surface area contributed by atoms with Crippen molar-refractivity contribution in [2.45, 2.75) is 46.1 Å². The Labute approximate surface area is 127 Å². The van der Waals surface area contributed by atoms with Crippen LogP contribution in [0, 0.1) is 0 Å². The number of anilines is 1. The number of nitrogens with zero attached hydrogens (tertiary/aromatic N) is 2. The molecule has 5 heteroatoms. The molecule has 0 saturated carbocycles. The fourth-order valence-corrected chi connectivity index (χ4v) is 2.84. The second-order valence-corrected chi connectivity index (χ2v) is 6.07. The first-order chi connectivity index (χ1) is 9.81. The molecule has 0 fully saturated rings. The lowest BCUT2D eigenvalue weighted by molar-refractivity contribution is 0.199. The van der Waals surface area contributed by atoms with Gasteiger partial charge in [-0.1, -0.05) is 26.7 Å². The average Bonchev–Trinajstić information content (AvgIpc) is 2.92. The molecule has 0 aromatic carbocycles. The zero-order valence-electron chi connectivity index (χ0n) is 13.2. The Hall–Kier alpha value is -0.650. The lowest BCUT2D eigenvalue weighted by atomic mass is 10.3. The molecule has 0 aliphatic heterocycles. The minimum Gasteiger partial charge on any atom is -0.383 e. The van der Waals surface area contributed by atoms with E-state index in [0.717, 1.165) is 32.8 Å². The Bertz CT molecular complexity index is 336. The first-order valence-electron chi connectivity index (χ1n) is 7.71. The average molecular weight is 299 g/mol. The highest BCUT2D eigenvalue weighted by molar-refractivity contribution is 7.15. The maximum atomic E-state index is 5.03. The van der Waals surface area contributed by atoms with Gasteiger partial charge in [-0.3, -0.25) is 0 Å². The molecular weight excluding hydrogens is 270 g/mol. The van der Waals surface area contributed by atoms with Crippen LogP contribution < -0.4 is 10.2 Å². The maximum absolute atomic E-state index is 5.03. The van der Waals surface area contributed by atoms with Gasteiger partial charge in [0.05, 0.1) is 6.61 Å². The van der Waals surface area contributed by atoms with Crippen molar-refractivity contribution in [1.82, 2.24) is 10.3 Å². The van der Waals surface area contributed by atoms with Gasteiger partial charge in [0, 0.05) is 44.4 Å². The van der Waals surface area contributed by atoms with E-state index in [9.17, 15) is 0 Å². The molecule has 4 nitrogen and oxygen atoms in total. The van der Waals surface area contributed by atoms with Crippen LogP contribution in [0.3, 0.4) is 0 Å². The van der Waals surface area contributed by atoms with Gasteiger partial charge >= 0.3 is 0 Å². The highest BCUT2D eigenvalue weighted by Crippen LogP contribution is 2.23. The van der Waals surface area contributed by atoms with Crippen molar-refractivity contribution in [2.75, 3.05) is 38.3 Å². The molecule has 0 bridgehead atoms. The summed E-state index contributed by atoms with van der Waals surface area (Å²) in [7, 11) is 1.73. The molecule has 1 aromatic heterocycles. The first-order valence-corrected chi connectivity index (χ1v) is 8.52. The van der Waals surface area contributed by atoms with Crippen molar-refractivity contribution in [1.29, 1.82) is 0 Å². The molecular formula is C15H29N3OS. The third kappa shape index (κ3) is 6.68. The Morgan fingerprint density at radius 3 is 2.55 bits per heavy atom. The minimum absolute atomic E-state index is 0.755. The summed E-state index contributed by atoms with van der Waals surface area (Å²) in [5.74, 6) is 0. The molecule has 1 aromatic rings. The monoisotopic (exact) mass is 299 g/mol. The summed E-state index contributed by atoms with van der Waals surface area (Å²) in [4.78, 5) is 8.34. The van der Waals surface area contributed by atoms with Crippen LogP contribution in [0.5, 0.6) is 0 Å². The standard InChI is InChI=1S/C15H29N3OS/c1-4-6-9-18(10-7-5-2)15-17-13-14(20-15)12-16-8-11-19-3/h13,16H,4-12H2,1-3H3. The zero-order chi connectivity index (χ0) is 14.6. The summed E-state index contributed by atoms with van der Waals surface area (Å²) >= 11 is 1.81. The third-order valence-electron chi connectivity index (χ3n) is 3.16. The fraction of sp³-hybridized carbons (Fsp3) is 0.800. The zero-order valence-corrected chi connectivity index (χ0v) is 14.0. The van der Waals surface area contributed by atoms with Crippen LogP contribution in [-0.2, 0) is 11.3 Å². The molecule has 116 valence electrons. The van der Waals surface area contributed by atoms with Crippen molar-refractivity contribution in [3.05, 3.63) is 11.1 Å². The van der Waals surface area contributed by atoms with E-state index >= 15 is 0 Å². The van der Waals surface area contributed by atoms with Gasteiger partial charge in [0.25, 0.3) is 0 Å². The molecule has 0 atom stereocenters. The number of nitrogens with one attached hydrogen (secondary N) is 1. The number of aromatic nitrogens is 1. The van der Waals surface area contributed by atoms with Gasteiger partial charge in [-0.2, -0.15) is 0 Å². The van der Waals surface area contributed by atoms with Crippen LogP contribution in [0.2, 0.25) is 0 Å². The number of rotatable bonds is 12. The third-order valence-corrected chi connectivity index (χ3v) is 4.22. The van der Waals surface area contributed by atoms with Crippen molar-refractivity contribution in [2.24, 2.45) is 0 Å². The molecule has 20 heavy (non-hydrogen) atoms. The lowest BCUT2D eigenvalue weighted by Crippen LogP contribution is -2.25. The van der Waals surface area contributed by atoms with Gasteiger partial charge in [-0.15, -0.1) is 11.3 Å². The van der Waals surface area contributed by atoms with Crippen LogP contribution in [0.4, 0.5) is 5.13 Å². The second-order valence-electron chi connectivity index (χ2n) is 4.97. The molecule has 0 amide bonds. The van der Waals surface area contributed by atoms with Crippen LogP contribution >= 0.6 is 11.3 Å². The SMILES string of the molecule is CCCCN(CCCC)c1ncc(CNCCOC)s1. The maximum Gasteiger partial charge on any atom is 0.185 e. The molecule has 0 unspecified atom stereocenters. The highest BCUT2D eigenvalue weighted by atomic mass is 32.1. The number of thiazole rings is 1. The van der Waals surface area contributed by atoms with Crippen LogP contribution in [0.15, 0.2) is 6.20 Å². The summed E-state index contributed by atoms with van der Waals surface area (Å²) in [6, 6.07) is 0. The van der Waals surface area contributed by atoms with Crippen LogP contribution in [0.25, 0.3) is 0 Å². The number of hydrogen-bond donors (Lipinski definition) is 1. The lowest BCUT2D eigenvalue weighted by Gasteiger charge is -2.21. The quantitative estimate of drug-likeness (QED) is 0.601. The van der Waals surface area contributed by atoms with Crippen molar-refractivity contribution >= 4 is 16.5 Å². The molecule has 0 saturated heterocycles. The fourth-order valence-electron chi connectivity index (χ4n) is 1.91. The van der Waals surface area contributed by atoms with E-state index in [4.69, 9.17) is 4.74 Å². The Kier molecular flexibility index (Phi) is 9.62. The Morgan fingerprint density at radius 2 is 1.95 bits per heavy atom. The second kappa shape index (κ2) is 11.1. The number of methoxy groups -OCH3 is 1. The predicted octanol–water partition coefficient (Wildman–Crippen LogP) is 3.29.